The molecule has 0 atom stereocenters. The van der Waals surface area contributed by atoms with Crippen molar-refractivity contribution in [3.63, 3.8) is 0 Å². The van der Waals surface area contributed by atoms with Crippen LogP contribution in [-0.4, -0.2) is 11.5 Å². The lowest BCUT2D eigenvalue weighted by molar-refractivity contribution is -0.384. The molecule has 19 heavy (non-hydrogen) atoms. The third-order valence-corrected chi connectivity index (χ3v) is 3.54. The molecule has 1 N–H and O–H groups in total. The number of nitro benzene ring substituents is 1. The van der Waals surface area contributed by atoms with Gasteiger partial charge in [-0.2, -0.15) is 0 Å². The molecule has 0 spiro atoms. The van der Waals surface area contributed by atoms with Gasteiger partial charge in [0.05, 0.1) is 4.92 Å². The SMILES string of the molecule is O=[N+]([O-])c1ccc(Cl)cc1NCCC1=CCCCC1. The lowest BCUT2D eigenvalue weighted by Crippen LogP contribution is -2.06. The summed E-state index contributed by atoms with van der Waals surface area (Å²) in [7, 11) is 0. The summed E-state index contributed by atoms with van der Waals surface area (Å²) < 4.78 is 0. The van der Waals surface area contributed by atoms with Gasteiger partial charge in [0.15, 0.2) is 0 Å². The lowest BCUT2D eigenvalue weighted by Gasteiger charge is -2.13. The first kappa shape index (κ1) is 13.9. The van der Waals surface area contributed by atoms with Gasteiger partial charge in [0.25, 0.3) is 5.69 Å². The number of nitrogens with zero attached hydrogens (tertiary/aromatic N) is 1. The number of benzene rings is 1. The first-order valence-electron chi connectivity index (χ1n) is 6.52. The standard InChI is InChI=1S/C14H17ClN2O2/c15-12-6-7-14(17(18)19)13(10-12)16-9-8-11-4-2-1-3-5-11/h4,6-7,10,16H,1-3,5,8-9H2. The number of hydrogen-bond acceptors (Lipinski definition) is 3. The number of nitro groups is 1. The molecule has 2 rings (SSSR count). The van der Waals surface area contributed by atoms with Crippen LogP contribution in [0.25, 0.3) is 0 Å². The Morgan fingerprint density at radius 3 is 2.89 bits per heavy atom. The van der Waals surface area contributed by atoms with Crippen LogP contribution in [0.3, 0.4) is 0 Å². The molecule has 0 aliphatic heterocycles. The Labute approximate surface area is 117 Å². The van der Waals surface area contributed by atoms with Crippen LogP contribution in [0.2, 0.25) is 5.02 Å². The highest BCUT2D eigenvalue weighted by molar-refractivity contribution is 6.31. The molecule has 0 saturated carbocycles. The van der Waals surface area contributed by atoms with Crippen molar-refractivity contribution in [2.24, 2.45) is 0 Å². The zero-order valence-electron chi connectivity index (χ0n) is 10.7. The maximum atomic E-state index is 10.9. The molecular formula is C14H17ClN2O2. The summed E-state index contributed by atoms with van der Waals surface area (Å²) in [5, 5.41) is 14.5. The summed E-state index contributed by atoms with van der Waals surface area (Å²) in [6.45, 7) is 0.701. The normalized spacial score (nSPS) is 14.9. The predicted molar refractivity (Wildman–Crippen MR) is 77.8 cm³/mol. The van der Waals surface area contributed by atoms with Gasteiger partial charge in [-0.3, -0.25) is 10.1 Å². The van der Waals surface area contributed by atoms with Crippen molar-refractivity contribution >= 4 is 23.0 Å². The van der Waals surface area contributed by atoms with Gasteiger partial charge in [-0.05, 0) is 44.2 Å². The Bertz CT molecular complexity index is 500. The minimum atomic E-state index is -0.390. The molecule has 0 radical (unpaired) electrons. The van der Waals surface area contributed by atoms with E-state index in [1.54, 1.807) is 6.07 Å². The van der Waals surface area contributed by atoms with Crippen molar-refractivity contribution in [3.8, 4) is 0 Å². The van der Waals surface area contributed by atoms with E-state index in [9.17, 15) is 10.1 Å². The zero-order chi connectivity index (χ0) is 13.7. The maximum Gasteiger partial charge on any atom is 0.292 e. The predicted octanol–water partition coefficient (Wildman–Crippen LogP) is 4.55. The second-order valence-corrected chi connectivity index (χ2v) is 5.14. The fourth-order valence-corrected chi connectivity index (χ4v) is 2.47. The highest BCUT2D eigenvalue weighted by Crippen LogP contribution is 2.28. The van der Waals surface area contributed by atoms with Gasteiger partial charge >= 0.3 is 0 Å². The molecule has 0 amide bonds. The molecule has 5 heteroatoms. The molecule has 4 nitrogen and oxygen atoms in total. The topological polar surface area (TPSA) is 55.2 Å². The molecule has 0 saturated heterocycles. The summed E-state index contributed by atoms with van der Waals surface area (Å²) in [5.74, 6) is 0. The Morgan fingerprint density at radius 1 is 1.37 bits per heavy atom. The highest BCUT2D eigenvalue weighted by Gasteiger charge is 2.13. The summed E-state index contributed by atoms with van der Waals surface area (Å²) in [6, 6.07) is 4.58. The van der Waals surface area contributed by atoms with Gasteiger partial charge < -0.3 is 5.32 Å². The molecule has 1 aromatic rings. The van der Waals surface area contributed by atoms with Crippen molar-refractivity contribution in [1.82, 2.24) is 0 Å². The third kappa shape index (κ3) is 3.96. The van der Waals surface area contributed by atoms with E-state index in [1.165, 1.54) is 30.5 Å². The Kier molecular flexibility index (Phi) is 4.80. The van der Waals surface area contributed by atoms with Crippen molar-refractivity contribution in [2.75, 3.05) is 11.9 Å². The Hall–Kier alpha value is -1.55. The van der Waals surface area contributed by atoms with Gasteiger partial charge in [-0.25, -0.2) is 0 Å². The van der Waals surface area contributed by atoms with Gasteiger partial charge in [-0.1, -0.05) is 23.3 Å². The fraction of sp³-hybridized carbons (Fsp3) is 0.429. The van der Waals surface area contributed by atoms with E-state index in [0.29, 0.717) is 17.3 Å². The van der Waals surface area contributed by atoms with Gasteiger partial charge in [-0.15, -0.1) is 0 Å². The van der Waals surface area contributed by atoms with Gasteiger partial charge in [0.2, 0.25) is 0 Å². The monoisotopic (exact) mass is 280 g/mol. The number of allylic oxidation sites excluding steroid dienone is 1. The first-order valence-corrected chi connectivity index (χ1v) is 6.90. The largest absolute Gasteiger partial charge is 0.379 e. The van der Waals surface area contributed by atoms with Crippen LogP contribution in [0, 0.1) is 10.1 Å². The molecule has 1 aliphatic carbocycles. The van der Waals surface area contributed by atoms with Crippen molar-refractivity contribution in [2.45, 2.75) is 32.1 Å². The Balaban J connectivity index is 1.96. The number of hydrogen-bond donors (Lipinski definition) is 1. The van der Waals surface area contributed by atoms with Crippen LogP contribution >= 0.6 is 11.6 Å². The number of rotatable bonds is 5. The van der Waals surface area contributed by atoms with Crippen LogP contribution in [0.15, 0.2) is 29.8 Å². The maximum absolute atomic E-state index is 10.9. The minimum Gasteiger partial charge on any atom is -0.379 e. The summed E-state index contributed by atoms with van der Waals surface area (Å²) in [4.78, 5) is 10.5. The van der Waals surface area contributed by atoms with Crippen molar-refractivity contribution in [1.29, 1.82) is 0 Å². The fourth-order valence-electron chi connectivity index (χ4n) is 2.30. The van der Waals surface area contributed by atoms with E-state index in [4.69, 9.17) is 11.6 Å². The van der Waals surface area contributed by atoms with Crippen LogP contribution in [-0.2, 0) is 0 Å². The number of halogens is 1. The molecule has 0 unspecified atom stereocenters. The minimum absolute atomic E-state index is 0.0713. The second-order valence-electron chi connectivity index (χ2n) is 4.70. The Morgan fingerprint density at radius 2 is 2.21 bits per heavy atom. The molecular weight excluding hydrogens is 264 g/mol. The third-order valence-electron chi connectivity index (χ3n) is 3.30. The molecule has 0 aromatic heterocycles. The number of anilines is 1. The summed E-state index contributed by atoms with van der Waals surface area (Å²) >= 11 is 5.88. The molecule has 1 aliphatic rings. The summed E-state index contributed by atoms with van der Waals surface area (Å²) in [5.41, 5.74) is 2.01. The molecule has 1 aromatic carbocycles. The van der Waals surface area contributed by atoms with E-state index < -0.39 is 4.92 Å². The van der Waals surface area contributed by atoms with E-state index in [0.717, 1.165) is 19.3 Å². The van der Waals surface area contributed by atoms with Crippen LogP contribution in [0.5, 0.6) is 0 Å². The molecule has 0 fully saturated rings. The van der Waals surface area contributed by atoms with E-state index >= 15 is 0 Å². The molecule has 0 heterocycles. The zero-order valence-corrected chi connectivity index (χ0v) is 11.4. The molecule has 0 bridgehead atoms. The smallest absolute Gasteiger partial charge is 0.292 e. The van der Waals surface area contributed by atoms with E-state index in [-0.39, 0.29) is 5.69 Å². The van der Waals surface area contributed by atoms with E-state index in [2.05, 4.69) is 11.4 Å². The molecule has 102 valence electrons. The van der Waals surface area contributed by atoms with Gasteiger partial charge in [0.1, 0.15) is 5.69 Å². The van der Waals surface area contributed by atoms with Crippen LogP contribution in [0.1, 0.15) is 32.1 Å². The lowest BCUT2D eigenvalue weighted by atomic mass is 9.97. The first-order chi connectivity index (χ1) is 9.16. The van der Waals surface area contributed by atoms with Crippen LogP contribution in [0.4, 0.5) is 11.4 Å². The average molecular weight is 281 g/mol. The highest BCUT2D eigenvalue weighted by atomic mass is 35.5. The van der Waals surface area contributed by atoms with Gasteiger partial charge in [0, 0.05) is 17.6 Å². The van der Waals surface area contributed by atoms with Crippen molar-refractivity contribution in [3.05, 3.63) is 45.0 Å². The number of nitrogens with one attached hydrogen (secondary N) is 1. The summed E-state index contributed by atoms with van der Waals surface area (Å²) in [6.07, 6.45) is 8.06. The van der Waals surface area contributed by atoms with Crippen LogP contribution < -0.4 is 5.32 Å². The second kappa shape index (κ2) is 6.57. The quantitative estimate of drug-likeness (QED) is 0.489. The average Bonchev–Trinajstić information content (AvgIpc) is 2.39. The van der Waals surface area contributed by atoms with E-state index in [1.807, 2.05) is 0 Å². The van der Waals surface area contributed by atoms with Crippen molar-refractivity contribution < 1.29 is 4.92 Å².